The molecule has 0 radical (unpaired) electrons. The number of carbonyl (C=O) groups excluding carboxylic acids is 1. The third-order valence-corrected chi connectivity index (χ3v) is 5.42. The van der Waals surface area contributed by atoms with E-state index in [1.165, 1.54) is 18.5 Å². The smallest absolute Gasteiger partial charge is 0.408 e. The first-order valence-corrected chi connectivity index (χ1v) is 9.83. The van der Waals surface area contributed by atoms with Crippen molar-refractivity contribution in [3.8, 4) is 0 Å². The van der Waals surface area contributed by atoms with E-state index in [4.69, 9.17) is 4.42 Å². The number of anilines is 2. The van der Waals surface area contributed by atoms with Crippen LogP contribution >= 0.6 is 0 Å². The van der Waals surface area contributed by atoms with Crippen LogP contribution < -0.4 is 16.0 Å². The number of hydrogen-bond donors (Lipinski definition) is 2. The second-order valence-electron chi connectivity index (χ2n) is 7.61. The highest BCUT2D eigenvalue weighted by Crippen LogP contribution is 2.24. The van der Waals surface area contributed by atoms with Gasteiger partial charge in [0.2, 0.25) is 5.91 Å². The Morgan fingerprint density at radius 2 is 1.93 bits per heavy atom. The second kappa shape index (κ2) is 7.92. The van der Waals surface area contributed by atoms with Gasteiger partial charge in [0.25, 0.3) is 0 Å². The average Bonchev–Trinajstić information content (AvgIpc) is 3.07. The number of benzene rings is 2. The van der Waals surface area contributed by atoms with E-state index < -0.39 is 5.76 Å². The van der Waals surface area contributed by atoms with E-state index in [0.717, 1.165) is 30.3 Å². The molecular formula is C22H25N3O3. The summed E-state index contributed by atoms with van der Waals surface area (Å²) in [7, 11) is 0. The van der Waals surface area contributed by atoms with Gasteiger partial charge < -0.3 is 14.6 Å². The number of amides is 1. The summed E-state index contributed by atoms with van der Waals surface area (Å²) in [5, 5.41) is 2.96. The molecule has 3 aromatic rings. The number of rotatable bonds is 5. The molecule has 4 rings (SSSR count). The predicted molar refractivity (Wildman–Crippen MR) is 111 cm³/mol. The third kappa shape index (κ3) is 4.27. The molecule has 0 aliphatic carbocycles. The lowest BCUT2D eigenvalue weighted by molar-refractivity contribution is -0.116. The Labute approximate surface area is 163 Å². The van der Waals surface area contributed by atoms with Crippen LogP contribution in [0.4, 0.5) is 11.4 Å². The predicted octanol–water partition coefficient (Wildman–Crippen LogP) is 3.93. The highest BCUT2D eigenvalue weighted by molar-refractivity contribution is 5.91. The minimum atomic E-state index is -0.465. The van der Waals surface area contributed by atoms with E-state index >= 15 is 0 Å². The molecule has 0 spiro atoms. The second-order valence-corrected chi connectivity index (χ2v) is 7.61. The molecule has 0 unspecified atom stereocenters. The van der Waals surface area contributed by atoms with Crippen molar-refractivity contribution >= 4 is 28.4 Å². The standard InChI is InChI=1S/C22H25N3O3/c1-15-10-12-25(13-11-15)18-6-4-17(5-7-18)23-21(26)9-3-16-2-8-20-19(14-16)24-22(27)28-20/h2,4-8,14-15H,3,9-13H2,1H3,(H,23,26)(H,24,27). The summed E-state index contributed by atoms with van der Waals surface area (Å²) in [5.41, 5.74) is 4.20. The van der Waals surface area contributed by atoms with Crippen molar-refractivity contribution in [3.63, 3.8) is 0 Å². The van der Waals surface area contributed by atoms with Crippen molar-refractivity contribution < 1.29 is 9.21 Å². The highest BCUT2D eigenvalue weighted by atomic mass is 16.4. The maximum atomic E-state index is 12.3. The Balaban J connectivity index is 1.31. The van der Waals surface area contributed by atoms with E-state index in [0.29, 0.717) is 23.9 Å². The highest BCUT2D eigenvalue weighted by Gasteiger charge is 2.16. The minimum Gasteiger partial charge on any atom is -0.408 e. The Bertz CT molecular complexity index is 1010. The van der Waals surface area contributed by atoms with Gasteiger partial charge in [-0.15, -0.1) is 0 Å². The number of fused-ring (bicyclic) bond motifs is 1. The van der Waals surface area contributed by atoms with E-state index in [-0.39, 0.29) is 5.91 Å². The van der Waals surface area contributed by atoms with E-state index in [9.17, 15) is 9.59 Å². The van der Waals surface area contributed by atoms with Gasteiger partial charge in [-0.05, 0) is 67.1 Å². The van der Waals surface area contributed by atoms with Gasteiger partial charge >= 0.3 is 5.76 Å². The number of oxazole rings is 1. The molecule has 1 fully saturated rings. The number of aryl methyl sites for hydroxylation is 1. The molecule has 1 aliphatic rings. The van der Waals surface area contributed by atoms with E-state index in [2.05, 4.69) is 34.3 Å². The van der Waals surface area contributed by atoms with Crippen LogP contribution in [-0.4, -0.2) is 24.0 Å². The van der Waals surface area contributed by atoms with Gasteiger partial charge in [0, 0.05) is 30.9 Å². The van der Waals surface area contributed by atoms with Crippen molar-refractivity contribution in [2.24, 2.45) is 5.92 Å². The summed E-state index contributed by atoms with van der Waals surface area (Å²) in [4.78, 5) is 28.5. The molecule has 1 aliphatic heterocycles. The van der Waals surface area contributed by atoms with Crippen molar-refractivity contribution in [1.82, 2.24) is 4.98 Å². The van der Waals surface area contributed by atoms with Crippen LogP contribution in [0.25, 0.3) is 11.1 Å². The molecule has 2 N–H and O–H groups in total. The number of H-pyrrole nitrogens is 1. The zero-order valence-corrected chi connectivity index (χ0v) is 16.0. The molecule has 6 heteroatoms. The normalized spacial score (nSPS) is 15.1. The molecule has 2 heterocycles. The Kier molecular flexibility index (Phi) is 5.19. The topological polar surface area (TPSA) is 78.3 Å². The van der Waals surface area contributed by atoms with Crippen LogP contribution in [0.2, 0.25) is 0 Å². The molecule has 2 aromatic carbocycles. The minimum absolute atomic E-state index is 0.0275. The van der Waals surface area contributed by atoms with E-state index in [1.807, 2.05) is 24.3 Å². The van der Waals surface area contributed by atoms with Crippen LogP contribution in [0, 0.1) is 5.92 Å². The Morgan fingerprint density at radius 1 is 1.18 bits per heavy atom. The van der Waals surface area contributed by atoms with Crippen LogP contribution in [0.5, 0.6) is 0 Å². The number of nitrogens with one attached hydrogen (secondary N) is 2. The van der Waals surface area contributed by atoms with Gasteiger partial charge in [-0.3, -0.25) is 9.78 Å². The molecule has 146 valence electrons. The first-order chi connectivity index (χ1) is 13.6. The summed E-state index contributed by atoms with van der Waals surface area (Å²) in [6.45, 7) is 4.50. The van der Waals surface area contributed by atoms with Crippen molar-refractivity contribution in [2.75, 3.05) is 23.3 Å². The monoisotopic (exact) mass is 379 g/mol. The number of aromatic nitrogens is 1. The lowest BCUT2D eigenvalue weighted by Crippen LogP contribution is -2.32. The number of piperidine rings is 1. The van der Waals surface area contributed by atoms with Gasteiger partial charge in [-0.1, -0.05) is 13.0 Å². The first-order valence-electron chi connectivity index (χ1n) is 9.83. The summed E-state index contributed by atoms with van der Waals surface area (Å²) >= 11 is 0. The fourth-order valence-corrected chi connectivity index (χ4v) is 3.66. The number of nitrogens with zero attached hydrogens (tertiary/aromatic N) is 1. The molecule has 1 saturated heterocycles. The summed E-state index contributed by atoms with van der Waals surface area (Å²) in [6.07, 6.45) is 3.44. The first kappa shape index (κ1) is 18.3. The van der Waals surface area contributed by atoms with Gasteiger partial charge in [0.15, 0.2) is 5.58 Å². The van der Waals surface area contributed by atoms with Crippen LogP contribution in [0.1, 0.15) is 31.7 Å². The molecule has 6 nitrogen and oxygen atoms in total. The largest absolute Gasteiger partial charge is 0.417 e. The van der Waals surface area contributed by atoms with E-state index in [1.54, 1.807) is 6.07 Å². The van der Waals surface area contributed by atoms with Crippen LogP contribution in [-0.2, 0) is 11.2 Å². The molecule has 1 aromatic heterocycles. The maximum Gasteiger partial charge on any atom is 0.417 e. The van der Waals surface area contributed by atoms with Gasteiger partial charge in [0.05, 0.1) is 5.52 Å². The zero-order chi connectivity index (χ0) is 19.5. The summed E-state index contributed by atoms with van der Waals surface area (Å²) in [5.74, 6) is 0.317. The molecule has 0 bridgehead atoms. The van der Waals surface area contributed by atoms with Gasteiger partial charge in [0.1, 0.15) is 0 Å². The fourth-order valence-electron chi connectivity index (χ4n) is 3.66. The molecule has 0 atom stereocenters. The van der Waals surface area contributed by atoms with Gasteiger partial charge in [-0.2, -0.15) is 0 Å². The van der Waals surface area contributed by atoms with Crippen LogP contribution in [0.15, 0.2) is 51.7 Å². The summed E-state index contributed by atoms with van der Waals surface area (Å²) < 4.78 is 4.99. The number of aromatic amines is 1. The summed E-state index contributed by atoms with van der Waals surface area (Å²) in [6, 6.07) is 13.6. The van der Waals surface area contributed by atoms with Crippen LogP contribution in [0.3, 0.4) is 0 Å². The molecular weight excluding hydrogens is 354 g/mol. The molecule has 0 saturated carbocycles. The fraction of sp³-hybridized carbons (Fsp3) is 0.364. The number of carbonyl (C=O) groups is 1. The lowest BCUT2D eigenvalue weighted by atomic mass is 9.99. The Morgan fingerprint density at radius 3 is 2.68 bits per heavy atom. The van der Waals surface area contributed by atoms with Crippen molar-refractivity contribution in [3.05, 3.63) is 58.6 Å². The maximum absolute atomic E-state index is 12.3. The average molecular weight is 379 g/mol. The van der Waals surface area contributed by atoms with Crippen molar-refractivity contribution in [1.29, 1.82) is 0 Å². The zero-order valence-electron chi connectivity index (χ0n) is 16.0. The van der Waals surface area contributed by atoms with Gasteiger partial charge in [-0.25, -0.2) is 4.79 Å². The lowest BCUT2D eigenvalue weighted by Gasteiger charge is -2.32. The Hall–Kier alpha value is -3.02. The quantitative estimate of drug-likeness (QED) is 0.704. The molecule has 1 amide bonds. The van der Waals surface area contributed by atoms with Crippen molar-refractivity contribution in [2.45, 2.75) is 32.6 Å². The number of hydrogen-bond acceptors (Lipinski definition) is 4. The third-order valence-electron chi connectivity index (χ3n) is 5.42. The molecule has 28 heavy (non-hydrogen) atoms. The SMILES string of the molecule is CC1CCN(c2ccc(NC(=O)CCc3ccc4oc(=O)[nH]c4c3)cc2)CC1.